The number of hydrogen-bond acceptors (Lipinski definition) is 6. The molecule has 0 spiro atoms. The fourth-order valence-electron chi connectivity index (χ4n) is 3.90. The molecule has 0 radical (unpaired) electrons. The first-order valence-corrected chi connectivity index (χ1v) is 10.8. The summed E-state index contributed by atoms with van der Waals surface area (Å²) in [5.74, 6) is 0.862. The molecule has 1 aliphatic rings. The molecule has 32 heavy (non-hydrogen) atoms. The molecule has 0 unspecified atom stereocenters. The molecule has 160 valence electrons. The van der Waals surface area contributed by atoms with Gasteiger partial charge in [-0.3, -0.25) is 15.0 Å². The Morgan fingerprint density at radius 1 is 1.00 bits per heavy atom. The summed E-state index contributed by atoms with van der Waals surface area (Å²) in [4.78, 5) is 13.4. The Kier molecular flexibility index (Phi) is 5.45. The molecular weight excluding hydrogens is 422 g/mol. The molecule has 0 saturated heterocycles. The number of rotatable bonds is 5. The number of aromatic nitrogens is 3. The maximum atomic E-state index is 5.97. The number of pyridine rings is 3. The minimum atomic E-state index is 0.443. The average Bonchev–Trinajstić information content (AvgIpc) is 3.28. The fourth-order valence-corrected chi connectivity index (χ4v) is 4.05. The van der Waals surface area contributed by atoms with Crippen molar-refractivity contribution in [2.24, 2.45) is 5.10 Å². The van der Waals surface area contributed by atoms with Crippen LogP contribution in [0.2, 0.25) is 5.15 Å². The van der Waals surface area contributed by atoms with Crippen molar-refractivity contribution in [2.45, 2.75) is 19.9 Å². The first-order chi connectivity index (χ1) is 15.6. The van der Waals surface area contributed by atoms with E-state index in [1.165, 1.54) is 5.56 Å². The SMILES string of the molecule is COc1ccc(CN2CCC(c3cc(C)c(-c4cnc5cc(Cl)ncc5c4)cn3)=N2)cc1. The summed E-state index contributed by atoms with van der Waals surface area (Å²) >= 11 is 5.97. The average molecular weight is 444 g/mol. The van der Waals surface area contributed by atoms with Gasteiger partial charge >= 0.3 is 0 Å². The summed E-state index contributed by atoms with van der Waals surface area (Å²) < 4.78 is 5.23. The van der Waals surface area contributed by atoms with E-state index in [2.05, 4.69) is 46.2 Å². The minimum Gasteiger partial charge on any atom is -0.497 e. The third-order valence-electron chi connectivity index (χ3n) is 5.64. The molecular formula is C25H22ClN5O. The first kappa shape index (κ1) is 20.4. The number of hydrazone groups is 1. The molecule has 0 fully saturated rings. The van der Waals surface area contributed by atoms with Crippen molar-refractivity contribution in [1.82, 2.24) is 20.0 Å². The van der Waals surface area contributed by atoms with Crippen LogP contribution in [0.1, 0.15) is 23.2 Å². The highest BCUT2D eigenvalue weighted by Gasteiger charge is 2.18. The van der Waals surface area contributed by atoms with Crippen molar-refractivity contribution in [3.63, 3.8) is 0 Å². The van der Waals surface area contributed by atoms with Gasteiger partial charge in [0.05, 0.1) is 30.6 Å². The van der Waals surface area contributed by atoms with Crippen LogP contribution in [0.15, 0.2) is 66.2 Å². The maximum absolute atomic E-state index is 5.97. The molecule has 5 rings (SSSR count). The van der Waals surface area contributed by atoms with E-state index in [4.69, 9.17) is 26.4 Å². The van der Waals surface area contributed by atoms with Gasteiger partial charge < -0.3 is 4.74 Å². The molecule has 0 amide bonds. The smallest absolute Gasteiger partial charge is 0.131 e. The third kappa shape index (κ3) is 4.14. The lowest BCUT2D eigenvalue weighted by Crippen LogP contribution is -2.13. The van der Waals surface area contributed by atoms with Crippen LogP contribution in [-0.4, -0.2) is 39.3 Å². The lowest BCUT2D eigenvalue weighted by Gasteiger charge is -2.13. The molecule has 1 aliphatic heterocycles. The third-order valence-corrected chi connectivity index (χ3v) is 5.85. The van der Waals surface area contributed by atoms with E-state index in [0.717, 1.165) is 64.3 Å². The number of fused-ring (bicyclic) bond motifs is 1. The van der Waals surface area contributed by atoms with Gasteiger partial charge in [-0.1, -0.05) is 23.7 Å². The van der Waals surface area contributed by atoms with Gasteiger partial charge in [-0.05, 0) is 42.3 Å². The lowest BCUT2D eigenvalue weighted by molar-refractivity contribution is 0.310. The van der Waals surface area contributed by atoms with Crippen molar-refractivity contribution in [3.8, 4) is 16.9 Å². The van der Waals surface area contributed by atoms with Gasteiger partial charge in [-0.15, -0.1) is 0 Å². The van der Waals surface area contributed by atoms with Crippen molar-refractivity contribution < 1.29 is 4.74 Å². The highest BCUT2D eigenvalue weighted by molar-refractivity contribution is 6.30. The highest BCUT2D eigenvalue weighted by atomic mass is 35.5. The Morgan fingerprint density at radius 3 is 2.62 bits per heavy atom. The first-order valence-electron chi connectivity index (χ1n) is 10.4. The predicted octanol–water partition coefficient (Wildman–Crippen LogP) is 5.27. The monoisotopic (exact) mass is 443 g/mol. The summed E-state index contributed by atoms with van der Waals surface area (Å²) in [6.07, 6.45) is 6.39. The van der Waals surface area contributed by atoms with Gasteiger partial charge in [0.25, 0.3) is 0 Å². The van der Waals surface area contributed by atoms with E-state index in [0.29, 0.717) is 5.15 Å². The molecule has 0 atom stereocenters. The predicted molar refractivity (Wildman–Crippen MR) is 127 cm³/mol. The normalized spacial score (nSPS) is 13.5. The van der Waals surface area contributed by atoms with E-state index in [-0.39, 0.29) is 0 Å². The van der Waals surface area contributed by atoms with Crippen molar-refractivity contribution in [1.29, 1.82) is 0 Å². The number of benzene rings is 1. The summed E-state index contributed by atoms with van der Waals surface area (Å²) in [5, 5.41) is 8.29. The lowest BCUT2D eigenvalue weighted by atomic mass is 10.0. The summed E-state index contributed by atoms with van der Waals surface area (Å²) in [6.45, 7) is 3.74. The number of halogens is 1. The van der Waals surface area contributed by atoms with E-state index < -0.39 is 0 Å². The molecule has 4 aromatic rings. The van der Waals surface area contributed by atoms with Crippen LogP contribution in [0.3, 0.4) is 0 Å². The number of methoxy groups -OCH3 is 1. The Balaban J connectivity index is 1.36. The molecule has 3 aromatic heterocycles. The fraction of sp³-hybridized carbons (Fsp3) is 0.200. The van der Waals surface area contributed by atoms with Crippen molar-refractivity contribution in [2.75, 3.05) is 13.7 Å². The molecule has 1 aromatic carbocycles. The standard InChI is InChI=1S/C25H22ClN5O/c1-16-9-24(22-7-8-31(30-22)15-17-3-5-20(32-2)6-4-17)28-14-21(16)18-10-19-13-29-25(26)11-23(19)27-12-18/h3-6,9-14H,7-8,15H2,1-2H3. The van der Waals surface area contributed by atoms with Gasteiger partial charge in [-0.2, -0.15) is 5.10 Å². The molecule has 0 saturated carbocycles. The molecule has 4 heterocycles. The molecule has 0 aliphatic carbocycles. The Labute approximate surface area is 191 Å². The van der Waals surface area contributed by atoms with Crippen LogP contribution in [0, 0.1) is 6.92 Å². The second-order valence-electron chi connectivity index (χ2n) is 7.84. The molecule has 0 bridgehead atoms. The zero-order valence-corrected chi connectivity index (χ0v) is 18.7. The zero-order valence-electron chi connectivity index (χ0n) is 17.9. The van der Waals surface area contributed by atoms with Crippen LogP contribution in [0.25, 0.3) is 22.0 Å². The quantitative estimate of drug-likeness (QED) is 0.393. The van der Waals surface area contributed by atoms with Gasteiger partial charge in [0.1, 0.15) is 10.9 Å². The summed E-state index contributed by atoms with van der Waals surface area (Å²) in [6, 6.07) is 14.0. The topological polar surface area (TPSA) is 63.5 Å². The van der Waals surface area contributed by atoms with Crippen LogP contribution in [-0.2, 0) is 6.54 Å². The van der Waals surface area contributed by atoms with Gasteiger partial charge in [-0.25, -0.2) is 4.98 Å². The zero-order chi connectivity index (χ0) is 22.1. The van der Waals surface area contributed by atoms with Gasteiger partial charge in [0.15, 0.2) is 0 Å². The second kappa shape index (κ2) is 8.55. The number of nitrogens with zero attached hydrogens (tertiary/aromatic N) is 5. The van der Waals surface area contributed by atoms with Crippen molar-refractivity contribution in [3.05, 3.63) is 83.0 Å². The summed E-state index contributed by atoms with van der Waals surface area (Å²) in [7, 11) is 1.68. The largest absolute Gasteiger partial charge is 0.497 e. The second-order valence-corrected chi connectivity index (χ2v) is 8.23. The number of hydrogen-bond donors (Lipinski definition) is 0. The molecule has 6 nitrogen and oxygen atoms in total. The van der Waals surface area contributed by atoms with Gasteiger partial charge in [0, 0.05) is 54.1 Å². The van der Waals surface area contributed by atoms with E-state index >= 15 is 0 Å². The summed E-state index contributed by atoms with van der Waals surface area (Å²) in [5.41, 5.74) is 7.16. The van der Waals surface area contributed by atoms with E-state index in [9.17, 15) is 0 Å². The van der Waals surface area contributed by atoms with E-state index in [1.54, 1.807) is 19.4 Å². The van der Waals surface area contributed by atoms with Crippen LogP contribution in [0.4, 0.5) is 0 Å². The van der Waals surface area contributed by atoms with E-state index in [1.807, 2.05) is 24.5 Å². The Bertz CT molecular complexity index is 1320. The Hall–Kier alpha value is -3.51. The number of aryl methyl sites for hydroxylation is 1. The molecule has 0 N–H and O–H groups in total. The number of ether oxygens (including phenoxy) is 1. The Morgan fingerprint density at radius 2 is 1.84 bits per heavy atom. The van der Waals surface area contributed by atoms with Crippen LogP contribution < -0.4 is 4.74 Å². The molecule has 7 heteroatoms. The minimum absolute atomic E-state index is 0.443. The van der Waals surface area contributed by atoms with Gasteiger partial charge in [0.2, 0.25) is 0 Å². The van der Waals surface area contributed by atoms with Crippen LogP contribution >= 0.6 is 11.6 Å². The highest BCUT2D eigenvalue weighted by Crippen LogP contribution is 2.27. The van der Waals surface area contributed by atoms with Crippen molar-refractivity contribution >= 4 is 28.2 Å². The van der Waals surface area contributed by atoms with Crippen LogP contribution in [0.5, 0.6) is 5.75 Å². The maximum Gasteiger partial charge on any atom is 0.131 e.